The van der Waals surface area contributed by atoms with Crippen LogP contribution in [0.1, 0.15) is 66.4 Å². The summed E-state index contributed by atoms with van der Waals surface area (Å²) in [7, 11) is 0. The molecule has 0 spiro atoms. The first-order valence-electron chi connectivity index (χ1n) is 25.1. The topological polar surface area (TPSA) is 35.9 Å². The Bertz CT molecular complexity index is 3790. The molecule has 0 N–H and O–H groups in total. The van der Waals surface area contributed by atoms with Gasteiger partial charge in [0.25, 0.3) is 6.33 Å². The predicted octanol–water partition coefficient (Wildman–Crippen LogP) is 13.5. The Balaban J connectivity index is 0.00000640. The minimum absolute atomic E-state index is 0. The standard InChI is InChI=1S/C56H46N4O.Pt/c1-55(2,3)41-30-31-57-53(34-41)60-49-25-14-13-24-45(49)46-29-28-44(36-52(46)60)61-43-23-17-22-42(35-43)58-37-59(51-27-16-15-26-50(51)58)54-47(39-20-11-8-12-21-39)32-40(33-48(54)56(4,5)6)38-18-9-7-10-19-38;/h7-34H,1-6H3;/q-2;/i7D,8D,9D,10D,11D,12D,18D,19D,20D,21D;. The molecule has 0 fully saturated rings. The molecule has 0 aliphatic carbocycles. The molecule has 0 radical (unpaired) electrons. The van der Waals surface area contributed by atoms with Crippen LogP contribution in [0, 0.1) is 18.5 Å². The second-order valence-electron chi connectivity index (χ2n) is 17.0. The summed E-state index contributed by atoms with van der Waals surface area (Å²) in [5.41, 5.74) is 5.11. The normalized spacial score (nSPS) is 14.2. The van der Waals surface area contributed by atoms with Crippen molar-refractivity contribution < 1.29 is 44.1 Å². The van der Waals surface area contributed by atoms with E-state index in [4.69, 9.17) is 20.7 Å². The fourth-order valence-electron chi connectivity index (χ4n) is 7.89. The molecule has 5 nitrogen and oxygen atoms in total. The van der Waals surface area contributed by atoms with Gasteiger partial charge in [0.05, 0.1) is 30.4 Å². The summed E-state index contributed by atoms with van der Waals surface area (Å²) >= 11 is 0. The molecule has 3 heterocycles. The van der Waals surface area contributed by atoms with E-state index in [0.29, 0.717) is 39.5 Å². The van der Waals surface area contributed by atoms with Crippen LogP contribution < -0.4 is 9.30 Å². The van der Waals surface area contributed by atoms with Gasteiger partial charge in [-0.25, -0.2) is 4.98 Å². The Kier molecular flexibility index (Phi) is 7.89. The van der Waals surface area contributed by atoms with Gasteiger partial charge in [0.15, 0.2) is 0 Å². The van der Waals surface area contributed by atoms with Gasteiger partial charge < -0.3 is 13.9 Å². The van der Waals surface area contributed by atoms with Crippen LogP contribution in [-0.4, -0.2) is 14.1 Å². The molecular formula is C56H46N4OPt-2. The first-order valence-corrected chi connectivity index (χ1v) is 20.1. The van der Waals surface area contributed by atoms with E-state index >= 15 is 0 Å². The molecule has 0 aliphatic heterocycles. The molecule has 0 bridgehead atoms. The second kappa shape index (κ2) is 16.0. The summed E-state index contributed by atoms with van der Waals surface area (Å²) in [6, 6.07) is 34.5. The van der Waals surface area contributed by atoms with Crippen LogP contribution in [0.25, 0.3) is 72.3 Å². The van der Waals surface area contributed by atoms with Crippen LogP contribution in [0.5, 0.6) is 11.5 Å². The van der Waals surface area contributed by atoms with E-state index in [2.05, 4.69) is 62.0 Å². The maximum atomic E-state index is 9.21. The summed E-state index contributed by atoms with van der Waals surface area (Å²) in [4.78, 5) is 4.81. The number of ether oxygens (including phenoxy) is 1. The molecule has 0 saturated heterocycles. The SMILES string of the molecule is [2H]c1c([2H])c([2H])c(-c2cc(-c3c([2H])c([2H])c([2H])c([2H])c3[2H])c(-[n+]3[c-]n(-c4[c-]c(Oc5[c-]c6c(cc5)c5ccccc5n6-c5cc(C(C)(C)C)ccn5)ccc4)c4ccccc43)c(C(C)(C)C)c2)c([2H])c1[2H].[Pt]. The minimum Gasteiger partial charge on any atom is -0.510 e. The maximum absolute atomic E-state index is 9.21. The van der Waals surface area contributed by atoms with E-state index in [1.807, 2.05) is 98.3 Å². The zero-order valence-electron chi connectivity index (χ0n) is 44.9. The Morgan fingerprint density at radius 2 is 1.32 bits per heavy atom. The number of aromatic nitrogens is 4. The number of fused-ring (bicyclic) bond motifs is 4. The van der Waals surface area contributed by atoms with Crippen LogP contribution in [-0.2, 0) is 31.9 Å². The Morgan fingerprint density at radius 3 is 2.06 bits per heavy atom. The van der Waals surface area contributed by atoms with E-state index in [0.717, 1.165) is 33.2 Å². The molecule has 0 atom stereocenters. The van der Waals surface area contributed by atoms with Crippen molar-refractivity contribution in [2.45, 2.75) is 52.4 Å². The van der Waals surface area contributed by atoms with E-state index in [1.54, 1.807) is 22.8 Å². The van der Waals surface area contributed by atoms with Crippen molar-refractivity contribution >= 4 is 32.8 Å². The van der Waals surface area contributed by atoms with Gasteiger partial charge in [-0.1, -0.05) is 156 Å². The number of para-hydroxylation sites is 3. The van der Waals surface area contributed by atoms with Crippen molar-refractivity contribution in [1.82, 2.24) is 14.1 Å². The van der Waals surface area contributed by atoms with Crippen LogP contribution >= 0.6 is 0 Å². The van der Waals surface area contributed by atoms with Gasteiger partial charge >= 0.3 is 0 Å². The third-order valence-corrected chi connectivity index (χ3v) is 10.9. The molecular weight excluding hydrogens is 940 g/mol. The van der Waals surface area contributed by atoms with Crippen molar-refractivity contribution in [2.75, 3.05) is 0 Å². The van der Waals surface area contributed by atoms with Gasteiger partial charge in [-0.2, -0.15) is 18.2 Å². The molecule has 0 amide bonds. The van der Waals surface area contributed by atoms with Crippen LogP contribution in [0.2, 0.25) is 0 Å². The number of imidazole rings is 1. The number of nitrogens with zero attached hydrogens (tertiary/aromatic N) is 4. The summed E-state index contributed by atoms with van der Waals surface area (Å²) < 4.78 is 99.7. The third kappa shape index (κ3) is 7.45. The van der Waals surface area contributed by atoms with Crippen molar-refractivity contribution in [3.8, 4) is 50.9 Å². The first kappa shape index (κ1) is 30.5. The van der Waals surface area contributed by atoms with Gasteiger partial charge in [0.2, 0.25) is 0 Å². The maximum Gasteiger partial charge on any atom is 0.268 e. The van der Waals surface area contributed by atoms with Crippen molar-refractivity contribution in [2.24, 2.45) is 0 Å². The molecule has 10 aromatic rings. The van der Waals surface area contributed by atoms with Gasteiger partial charge in [-0.05, 0) is 79.5 Å². The summed E-state index contributed by atoms with van der Waals surface area (Å²) in [6.45, 7) is 12.4. The van der Waals surface area contributed by atoms with Gasteiger partial charge in [-0.3, -0.25) is 4.57 Å². The Morgan fingerprint density at radius 1 is 0.629 bits per heavy atom. The van der Waals surface area contributed by atoms with Crippen LogP contribution in [0.4, 0.5) is 0 Å². The van der Waals surface area contributed by atoms with Gasteiger partial charge in [-0.15, -0.1) is 29.7 Å². The summed E-state index contributed by atoms with van der Waals surface area (Å²) in [5.74, 6) is 1.61. The largest absolute Gasteiger partial charge is 0.510 e. The molecule has 6 heteroatoms. The molecule has 7 aromatic carbocycles. The number of pyridine rings is 1. The van der Waals surface area contributed by atoms with E-state index in [1.165, 1.54) is 0 Å². The number of rotatable bonds is 7. The number of benzene rings is 7. The van der Waals surface area contributed by atoms with Crippen LogP contribution in [0.15, 0.2) is 170 Å². The second-order valence-corrected chi connectivity index (χ2v) is 17.0. The minimum atomic E-state index is -0.751. The van der Waals surface area contributed by atoms with Gasteiger partial charge in [0.1, 0.15) is 5.82 Å². The molecule has 308 valence electrons. The molecule has 0 aliphatic rings. The molecule has 0 saturated carbocycles. The van der Waals surface area contributed by atoms with E-state index in [-0.39, 0.29) is 48.7 Å². The monoisotopic (exact) mass is 995 g/mol. The Labute approximate surface area is 392 Å². The van der Waals surface area contributed by atoms with Crippen molar-refractivity contribution in [3.63, 3.8) is 0 Å². The summed E-state index contributed by atoms with van der Waals surface area (Å²) in [5, 5.41) is 2.05. The average molecular weight is 996 g/mol. The quantitative estimate of drug-likeness (QED) is 0.118. The third-order valence-electron chi connectivity index (χ3n) is 10.9. The van der Waals surface area contributed by atoms with Crippen molar-refractivity contribution in [1.29, 1.82) is 0 Å². The summed E-state index contributed by atoms with van der Waals surface area (Å²) in [6.07, 6.45) is 5.36. The fourth-order valence-corrected chi connectivity index (χ4v) is 7.89. The number of hydrogen-bond acceptors (Lipinski definition) is 2. The zero-order chi connectivity index (χ0) is 50.6. The molecule has 62 heavy (non-hydrogen) atoms. The van der Waals surface area contributed by atoms with E-state index in [9.17, 15) is 2.74 Å². The molecule has 0 unspecified atom stereocenters. The first-order chi connectivity index (χ1) is 33.6. The average Bonchev–Trinajstić information content (AvgIpc) is 3.89. The number of hydrogen-bond donors (Lipinski definition) is 0. The molecule has 10 rings (SSSR count). The van der Waals surface area contributed by atoms with Crippen molar-refractivity contribution in [3.05, 3.63) is 199 Å². The predicted molar refractivity (Wildman–Crippen MR) is 248 cm³/mol. The zero-order valence-corrected chi connectivity index (χ0v) is 37.2. The fraction of sp³-hybridized carbons (Fsp3) is 0.143. The Hall–Kier alpha value is -6.55. The van der Waals surface area contributed by atoms with Gasteiger partial charge in [0, 0.05) is 44.3 Å². The smallest absolute Gasteiger partial charge is 0.268 e. The van der Waals surface area contributed by atoms with E-state index < -0.39 is 65.8 Å². The van der Waals surface area contributed by atoms with Crippen LogP contribution in [0.3, 0.4) is 0 Å². The molecule has 3 aromatic heterocycles.